The van der Waals surface area contributed by atoms with E-state index in [1.54, 1.807) is 6.92 Å². The second-order valence-corrected chi connectivity index (χ2v) is 14.1. The van der Waals surface area contributed by atoms with Gasteiger partial charge < -0.3 is 25.8 Å². The van der Waals surface area contributed by atoms with Crippen molar-refractivity contribution in [2.75, 3.05) is 43.8 Å². The summed E-state index contributed by atoms with van der Waals surface area (Å²) in [5.74, 6) is -8.77. The van der Waals surface area contributed by atoms with Crippen LogP contribution in [0.15, 0.2) is 0 Å². The fourth-order valence-corrected chi connectivity index (χ4v) is 7.91. The Morgan fingerprint density at radius 2 is 1.77 bits per heavy atom. The van der Waals surface area contributed by atoms with E-state index >= 15 is 8.78 Å². The van der Waals surface area contributed by atoms with E-state index in [1.165, 1.54) is 0 Å². The molecule has 1 aliphatic carbocycles. The van der Waals surface area contributed by atoms with Gasteiger partial charge in [0.15, 0.2) is 23.6 Å². The minimum absolute atomic E-state index is 0.0177. The van der Waals surface area contributed by atoms with Crippen LogP contribution in [-0.4, -0.2) is 87.4 Å². The smallest absolute Gasteiger partial charge is 0.425 e. The molecule has 3 aliphatic heterocycles. The first-order valence-corrected chi connectivity index (χ1v) is 16.7. The number of aromatic nitrogens is 4. The highest BCUT2D eigenvalue weighted by molar-refractivity contribution is 5.96. The molecule has 0 amide bonds. The summed E-state index contributed by atoms with van der Waals surface area (Å²) in [5.41, 5.74) is -2.92. The van der Waals surface area contributed by atoms with Gasteiger partial charge in [-0.1, -0.05) is 6.92 Å². The number of halogens is 10. The molecule has 10 nitrogen and oxygen atoms in total. The van der Waals surface area contributed by atoms with Gasteiger partial charge in [0.1, 0.15) is 29.0 Å². The van der Waals surface area contributed by atoms with E-state index in [2.05, 4.69) is 30.6 Å². The van der Waals surface area contributed by atoms with Crippen LogP contribution in [0.2, 0.25) is 0 Å². The average molecular weight is 753 g/mol. The number of nitrogens with two attached hydrogens (primary N) is 1. The van der Waals surface area contributed by atoms with Crippen molar-refractivity contribution in [2.45, 2.75) is 88.3 Å². The van der Waals surface area contributed by atoms with Crippen LogP contribution >= 0.6 is 0 Å². The number of alkyl halides is 8. The minimum Gasteiger partial charge on any atom is -0.464 e. The zero-order chi connectivity index (χ0) is 37.6. The first kappa shape index (κ1) is 36.4. The van der Waals surface area contributed by atoms with Gasteiger partial charge in [0.25, 0.3) is 5.92 Å². The lowest BCUT2D eigenvalue weighted by Gasteiger charge is -2.31. The maximum absolute atomic E-state index is 16.8. The summed E-state index contributed by atoms with van der Waals surface area (Å²) in [4.78, 5) is 17.4. The molecule has 284 valence electrons. The van der Waals surface area contributed by atoms with Crippen LogP contribution in [0, 0.1) is 24.0 Å². The second-order valence-electron chi connectivity index (χ2n) is 14.1. The molecule has 1 spiro atoms. The van der Waals surface area contributed by atoms with E-state index in [-0.39, 0.29) is 44.9 Å². The van der Waals surface area contributed by atoms with E-state index in [0.29, 0.717) is 25.8 Å². The molecular formula is C32H34F10N8O2. The van der Waals surface area contributed by atoms with Gasteiger partial charge in [-0.3, -0.25) is 4.90 Å². The molecule has 1 saturated carbocycles. The fourth-order valence-electron chi connectivity index (χ4n) is 7.91. The van der Waals surface area contributed by atoms with Crippen molar-refractivity contribution < 1.29 is 53.4 Å². The number of rotatable bonds is 5. The highest BCUT2D eigenvalue weighted by Gasteiger charge is 2.77. The molecule has 4 N–H and O–H groups in total. The van der Waals surface area contributed by atoms with Crippen molar-refractivity contribution in [3.8, 4) is 23.1 Å². The Labute approximate surface area is 289 Å². The Morgan fingerprint density at radius 1 is 1.04 bits per heavy atom. The number of fused-ring (bicyclic) bond motifs is 1. The molecule has 0 bridgehead atoms. The molecular weight excluding hydrogens is 718 g/mol. The summed E-state index contributed by atoms with van der Waals surface area (Å²) in [6.07, 6.45) is -12.2. The third-order valence-electron chi connectivity index (χ3n) is 10.6. The molecule has 7 rings (SSSR count). The number of ether oxygens (including phenoxy) is 2. The Kier molecular flexibility index (Phi) is 8.62. The van der Waals surface area contributed by atoms with Gasteiger partial charge in [0.05, 0.1) is 27.8 Å². The van der Waals surface area contributed by atoms with E-state index in [9.17, 15) is 35.1 Å². The highest BCUT2D eigenvalue weighted by atomic mass is 19.4. The van der Waals surface area contributed by atoms with Crippen molar-refractivity contribution in [2.24, 2.45) is 5.41 Å². The highest BCUT2D eigenvalue weighted by Crippen LogP contribution is 2.69. The quantitative estimate of drug-likeness (QED) is 0.252. The minimum atomic E-state index is -5.35. The third-order valence-corrected chi connectivity index (χ3v) is 10.6. The van der Waals surface area contributed by atoms with Crippen LogP contribution in [-0.2, 0) is 6.18 Å². The van der Waals surface area contributed by atoms with Crippen molar-refractivity contribution >= 4 is 22.5 Å². The largest absolute Gasteiger partial charge is 0.464 e. The monoisotopic (exact) mass is 752 g/mol. The summed E-state index contributed by atoms with van der Waals surface area (Å²) in [5, 5.41) is 5.31. The van der Waals surface area contributed by atoms with Gasteiger partial charge in [0.2, 0.25) is 5.88 Å². The summed E-state index contributed by atoms with van der Waals surface area (Å²) >= 11 is 0. The van der Waals surface area contributed by atoms with E-state index in [1.807, 2.05) is 4.90 Å². The number of hydrogen-bond donors (Lipinski definition) is 3. The molecule has 0 aromatic carbocycles. The van der Waals surface area contributed by atoms with Crippen molar-refractivity contribution in [1.29, 1.82) is 0 Å². The van der Waals surface area contributed by atoms with Crippen LogP contribution in [0.5, 0.6) is 11.9 Å². The fraction of sp³-hybridized carbons (Fsp3) is 0.625. The SMILES string of the molecule is CCC1CNc2nc(OC[C@@]34CCCN3CC3(CC3(F)F)C4)nc3c(F)c(-c4c(F)c(N)nc(C)c4C(F)(F)F)nc(c23)O[C@@H](C(F)(F)F)CCN1. The number of nitrogen functional groups attached to an aromatic ring is 1. The number of hydrogen-bond acceptors (Lipinski definition) is 10. The molecule has 3 aromatic rings. The maximum atomic E-state index is 16.8. The van der Waals surface area contributed by atoms with E-state index < -0.39 is 111 Å². The Balaban J connectivity index is 1.42. The van der Waals surface area contributed by atoms with Gasteiger partial charge in [-0.25, -0.2) is 27.5 Å². The lowest BCUT2D eigenvalue weighted by Crippen LogP contribution is -2.43. The number of nitrogens with one attached hydrogen (secondary N) is 2. The summed E-state index contributed by atoms with van der Waals surface area (Å²) in [7, 11) is 0. The van der Waals surface area contributed by atoms with E-state index in [4.69, 9.17) is 15.2 Å². The summed E-state index contributed by atoms with van der Waals surface area (Å²) in [6, 6.07) is -0.999. The topological polar surface area (TPSA) is 123 Å². The zero-order valence-electron chi connectivity index (χ0n) is 27.8. The van der Waals surface area contributed by atoms with Gasteiger partial charge in [-0.05, 0) is 45.7 Å². The average Bonchev–Trinajstić information content (AvgIpc) is 3.25. The van der Waals surface area contributed by atoms with Crippen molar-refractivity contribution in [1.82, 2.24) is 30.2 Å². The van der Waals surface area contributed by atoms with Crippen LogP contribution in [0.4, 0.5) is 55.5 Å². The molecule has 4 atom stereocenters. The van der Waals surface area contributed by atoms with Crippen LogP contribution in [0.3, 0.4) is 0 Å². The molecule has 4 aliphatic rings. The second kappa shape index (κ2) is 12.3. The molecule has 52 heavy (non-hydrogen) atoms. The maximum Gasteiger partial charge on any atom is 0.425 e. The number of anilines is 2. The first-order valence-electron chi connectivity index (χ1n) is 16.7. The predicted octanol–water partition coefficient (Wildman–Crippen LogP) is 6.41. The molecule has 0 radical (unpaired) electrons. The molecule has 3 aromatic heterocycles. The lowest BCUT2D eigenvalue weighted by atomic mass is 9.89. The molecule has 2 unspecified atom stereocenters. The van der Waals surface area contributed by atoms with Crippen LogP contribution in [0.25, 0.3) is 22.2 Å². The predicted molar refractivity (Wildman–Crippen MR) is 166 cm³/mol. The number of pyridine rings is 2. The number of aryl methyl sites for hydroxylation is 1. The van der Waals surface area contributed by atoms with Crippen molar-refractivity contribution in [3.05, 3.63) is 22.9 Å². The van der Waals surface area contributed by atoms with Gasteiger partial charge in [-0.15, -0.1) is 0 Å². The van der Waals surface area contributed by atoms with E-state index in [0.717, 1.165) is 6.92 Å². The van der Waals surface area contributed by atoms with Gasteiger partial charge in [-0.2, -0.15) is 36.3 Å². The molecule has 2 saturated heterocycles. The number of nitrogens with zero attached hydrogens (tertiary/aromatic N) is 5. The third kappa shape index (κ3) is 6.08. The normalized spacial score (nSPS) is 27.6. The Hall–Kier alpha value is -3.94. The van der Waals surface area contributed by atoms with Gasteiger partial charge in [0, 0.05) is 32.0 Å². The molecule has 3 fully saturated rings. The summed E-state index contributed by atoms with van der Waals surface area (Å²) < 4.78 is 159. The van der Waals surface area contributed by atoms with Crippen LogP contribution in [0.1, 0.15) is 56.7 Å². The van der Waals surface area contributed by atoms with Gasteiger partial charge >= 0.3 is 18.4 Å². The Bertz CT molecular complexity index is 1910. The Morgan fingerprint density at radius 3 is 2.42 bits per heavy atom. The van der Waals surface area contributed by atoms with Crippen molar-refractivity contribution in [3.63, 3.8) is 0 Å². The van der Waals surface area contributed by atoms with Crippen LogP contribution < -0.4 is 25.8 Å². The lowest BCUT2D eigenvalue weighted by molar-refractivity contribution is -0.196. The summed E-state index contributed by atoms with van der Waals surface area (Å²) in [6.45, 7) is 2.87. The standard InChI is InChI=1S/C32H34F10N8O2/c1-3-15-9-45-25-18-23(48-27(49-25)51-13-29-6-4-8-50(29)12-28(10-29)11-30(28,35)36)21(34)22(47-26(18)52-16(5-7-44-15)31(37,38)39)17-19(32(40,41)42)14(2)46-24(43)20(17)33/h15-16,44H,3-13H2,1-2H3,(H2,43,46)(H,45,48,49)/t15?,16-,28?,29+/m1/s1. The zero-order valence-corrected chi connectivity index (χ0v) is 27.8. The molecule has 6 heterocycles. The molecule has 20 heteroatoms. The first-order chi connectivity index (χ1) is 24.3.